The molecule has 6 nitrogen and oxygen atoms in total. The molecule has 24 heavy (non-hydrogen) atoms. The molecule has 1 aromatic carbocycles. The van der Waals surface area contributed by atoms with E-state index in [0.29, 0.717) is 30.3 Å². The molecular formula is C17H19IO6. The van der Waals surface area contributed by atoms with Gasteiger partial charge in [0.25, 0.3) is 5.79 Å². The third-order valence-electron chi connectivity index (χ3n) is 3.05. The molecule has 1 aliphatic heterocycles. The summed E-state index contributed by atoms with van der Waals surface area (Å²) in [7, 11) is 0. The first-order valence-electron chi connectivity index (χ1n) is 7.55. The van der Waals surface area contributed by atoms with Crippen LogP contribution in [0, 0.1) is 3.57 Å². The van der Waals surface area contributed by atoms with Gasteiger partial charge in [0.2, 0.25) is 0 Å². The minimum Gasteiger partial charge on any atom is -0.490 e. The fourth-order valence-electron chi connectivity index (χ4n) is 2.16. The Morgan fingerprint density at radius 2 is 1.67 bits per heavy atom. The van der Waals surface area contributed by atoms with E-state index >= 15 is 0 Å². The summed E-state index contributed by atoms with van der Waals surface area (Å²) in [5.74, 6) is -1.49. The van der Waals surface area contributed by atoms with E-state index in [4.69, 9.17) is 18.9 Å². The molecule has 0 atom stereocenters. The Bertz CT molecular complexity index is 671. The predicted octanol–water partition coefficient (Wildman–Crippen LogP) is 3.31. The van der Waals surface area contributed by atoms with Gasteiger partial charge in [-0.3, -0.25) is 0 Å². The molecule has 0 saturated carbocycles. The minimum atomic E-state index is -1.25. The van der Waals surface area contributed by atoms with Gasteiger partial charge in [0, 0.05) is 13.8 Å². The first kappa shape index (κ1) is 18.6. The quantitative estimate of drug-likeness (QED) is 0.299. The molecule has 1 fully saturated rings. The van der Waals surface area contributed by atoms with Crippen LogP contribution in [0.5, 0.6) is 11.5 Å². The van der Waals surface area contributed by atoms with Gasteiger partial charge in [0.1, 0.15) is 5.57 Å². The average Bonchev–Trinajstić information content (AvgIpc) is 2.46. The maximum absolute atomic E-state index is 12.0. The van der Waals surface area contributed by atoms with Gasteiger partial charge in [-0.2, -0.15) is 0 Å². The molecule has 0 radical (unpaired) electrons. The van der Waals surface area contributed by atoms with Crippen LogP contribution >= 0.6 is 22.6 Å². The van der Waals surface area contributed by atoms with Gasteiger partial charge in [-0.25, -0.2) is 9.59 Å². The third kappa shape index (κ3) is 4.19. The number of carbonyl (C=O) groups excluding carboxylic acids is 2. The van der Waals surface area contributed by atoms with Crippen molar-refractivity contribution in [3.05, 3.63) is 26.8 Å². The van der Waals surface area contributed by atoms with Crippen molar-refractivity contribution < 1.29 is 28.5 Å². The molecule has 0 bridgehead atoms. The van der Waals surface area contributed by atoms with E-state index in [9.17, 15) is 9.59 Å². The highest BCUT2D eigenvalue weighted by Crippen LogP contribution is 2.35. The van der Waals surface area contributed by atoms with Crippen LogP contribution < -0.4 is 9.47 Å². The zero-order chi connectivity index (χ0) is 17.9. The Balaban J connectivity index is 2.42. The van der Waals surface area contributed by atoms with Crippen molar-refractivity contribution in [3.8, 4) is 11.5 Å². The number of halogens is 1. The minimum absolute atomic E-state index is 0.156. The maximum Gasteiger partial charge on any atom is 0.348 e. The second kappa shape index (κ2) is 7.42. The van der Waals surface area contributed by atoms with Crippen LogP contribution in [-0.4, -0.2) is 30.9 Å². The largest absolute Gasteiger partial charge is 0.490 e. The number of esters is 2. The van der Waals surface area contributed by atoms with Crippen molar-refractivity contribution in [1.82, 2.24) is 0 Å². The maximum atomic E-state index is 12.0. The van der Waals surface area contributed by atoms with Gasteiger partial charge < -0.3 is 18.9 Å². The van der Waals surface area contributed by atoms with Crippen LogP contribution in [0.15, 0.2) is 17.7 Å². The molecule has 0 unspecified atom stereocenters. The lowest BCUT2D eigenvalue weighted by atomic mass is 10.1. The van der Waals surface area contributed by atoms with Crippen molar-refractivity contribution in [1.29, 1.82) is 0 Å². The highest BCUT2D eigenvalue weighted by molar-refractivity contribution is 14.1. The second-order valence-corrected chi connectivity index (χ2v) is 6.60. The first-order chi connectivity index (χ1) is 11.3. The summed E-state index contributed by atoms with van der Waals surface area (Å²) in [5.41, 5.74) is 0.464. The molecular weight excluding hydrogens is 427 g/mol. The topological polar surface area (TPSA) is 71.1 Å². The Morgan fingerprint density at radius 3 is 2.21 bits per heavy atom. The highest BCUT2D eigenvalue weighted by Gasteiger charge is 2.38. The SMILES string of the molecule is CCOc1cc(C=C2C(=O)OC(C)(C)OC2=O)cc(I)c1OCC. The zero-order valence-corrected chi connectivity index (χ0v) is 16.1. The fourth-order valence-corrected chi connectivity index (χ4v) is 2.94. The lowest BCUT2D eigenvalue weighted by Gasteiger charge is -2.29. The van der Waals surface area contributed by atoms with E-state index in [1.807, 2.05) is 13.8 Å². The number of ether oxygens (including phenoxy) is 4. The summed E-state index contributed by atoms with van der Waals surface area (Å²) in [5, 5.41) is 0. The molecule has 1 heterocycles. The molecule has 7 heteroatoms. The standard InChI is InChI=1S/C17H19IO6/c1-5-21-13-9-10(8-12(18)14(13)22-6-2)7-11-15(19)23-17(3,4)24-16(11)20/h7-9H,5-6H2,1-4H3. The number of carbonyl (C=O) groups is 2. The van der Waals surface area contributed by atoms with Crippen LogP contribution in [0.1, 0.15) is 33.3 Å². The van der Waals surface area contributed by atoms with E-state index in [1.54, 1.807) is 12.1 Å². The van der Waals surface area contributed by atoms with E-state index in [2.05, 4.69) is 22.6 Å². The number of hydrogen-bond donors (Lipinski definition) is 0. The summed E-state index contributed by atoms with van der Waals surface area (Å²) in [6.45, 7) is 7.74. The molecule has 1 aliphatic rings. The molecule has 130 valence electrons. The van der Waals surface area contributed by atoms with Gasteiger partial charge >= 0.3 is 11.9 Å². The third-order valence-corrected chi connectivity index (χ3v) is 3.85. The molecule has 1 saturated heterocycles. The fraction of sp³-hybridized carbons (Fsp3) is 0.412. The highest BCUT2D eigenvalue weighted by atomic mass is 127. The number of benzene rings is 1. The normalized spacial score (nSPS) is 16.3. The summed E-state index contributed by atoms with van der Waals surface area (Å²) in [6.07, 6.45) is 1.43. The van der Waals surface area contributed by atoms with Crippen LogP contribution in [0.25, 0.3) is 6.08 Å². The van der Waals surface area contributed by atoms with E-state index in [-0.39, 0.29) is 5.57 Å². The van der Waals surface area contributed by atoms with E-state index in [1.165, 1.54) is 19.9 Å². The Labute approximate surface area is 154 Å². The van der Waals surface area contributed by atoms with Gasteiger partial charge in [0.15, 0.2) is 11.5 Å². The Hall–Kier alpha value is -1.77. The van der Waals surface area contributed by atoms with Crippen molar-refractivity contribution in [2.24, 2.45) is 0 Å². The van der Waals surface area contributed by atoms with Crippen molar-refractivity contribution >= 4 is 40.6 Å². The summed E-state index contributed by atoms with van der Waals surface area (Å²) in [6, 6.07) is 3.51. The van der Waals surface area contributed by atoms with Gasteiger partial charge in [-0.05, 0) is 60.2 Å². The summed E-state index contributed by atoms with van der Waals surface area (Å²) in [4.78, 5) is 24.1. The van der Waals surface area contributed by atoms with Crippen molar-refractivity contribution in [3.63, 3.8) is 0 Å². The van der Waals surface area contributed by atoms with Gasteiger partial charge in [-0.15, -0.1) is 0 Å². The van der Waals surface area contributed by atoms with Gasteiger partial charge in [-0.1, -0.05) is 0 Å². The van der Waals surface area contributed by atoms with Gasteiger partial charge in [0.05, 0.1) is 16.8 Å². The van der Waals surface area contributed by atoms with Crippen LogP contribution in [0.4, 0.5) is 0 Å². The number of hydrogen-bond acceptors (Lipinski definition) is 6. The Morgan fingerprint density at radius 1 is 1.08 bits per heavy atom. The summed E-state index contributed by atoms with van der Waals surface area (Å²) >= 11 is 2.12. The molecule has 0 aliphatic carbocycles. The monoisotopic (exact) mass is 446 g/mol. The summed E-state index contributed by atoms with van der Waals surface area (Å²) < 4.78 is 22.2. The smallest absolute Gasteiger partial charge is 0.348 e. The van der Waals surface area contributed by atoms with Crippen molar-refractivity contribution in [2.45, 2.75) is 33.5 Å². The van der Waals surface area contributed by atoms with Crippen LogP contribution in [0.2, 0.25) is 0 Å². The first-order valence-corrected chi connectivity index (χ1v) is 8.62. The number of cyclic esters (lactones) is 2. The van der Waals surface area contributed by atoms with Crippen molar-refractivity contribution in [2.75, 3.05) is 13.2 Å². The predicted molar refractivity (Wildman–Crippen MR) is 95.7 cm³/mol. The molecule has 2 rings (SSSR count). The van der Waals surface area contributed by atoms with Crippen LogP contribution in [-0.2, 0) is 19.1 Å². The lowest BCUT2D eigenvalue weighted by Crippen LogP contribution is -2.41. The Kier molecular flexibility index (Phi) is 5.74. The molecule has 0 amide bonds. The molecule has 0 aromatic heterocycles. The van der Waals surface area contributed by atoms with Crippen LogP contribution in [0.3, 0.4) is 0 Å². The van der Waals surface area contributed by atoms with E-state index in [0.717, 1.165) is 3.57 Å². The lowest BCUT2D eigenvalue weighted by molar-refractivity contribution is -0.222. The second-order valence-electron chi connectivity index (χ2n) is 5.43. The average molecular weight is 446 g/mol. The molecule has 0 spiro atoms. The van der Waals surface area contributed by atoms with E-state index < -0.39 is 17.7 Å². The number of rotatable bonds is 5. The molecule has 0 N–H and O–H groups in total. The molecule has 1 aromatic rings. The zero-order valence-electron chi connectivity index (χ0n) is 14.0.